The monoisotopic (exact) mass is 125 g/mol. The maximum atomic E-state index is 5.71. The van der Waals surface area contributed by atoms with E-state index in [-0.39, 0.29) is 0 Å². The van der Waals surface area contributed by atoms with Crippen molar-refractivity contribution in [3.8, 4) is 0 Å². The first kappa shape index (κ1) is 6.81. The maximum absolute atomic E-state index is 5.71. The molecule has 0 saturated carbocycles. The lowest BCUT2D eigenvalue weighted by Crippen LogP contribution is -2.14. The molecule has 0 radical (unpaired) electrons. The minimum Gasteiger partial charge on any atom is -0.324 e. The number of hydrogen-bond acceptors (Lipinski definition) is 1. The van der Waals surface area contributed by atoms with Crippen molar-refractivity contribution < 1.29 is 0 Å². The molecule has 0 amide bonds. The van der Waals surface area contributed by atoms with E-state index in [2.05, 4.69) is 19.9 Å². The zero-order valence-electron chi connectivity index (χ0n) is 6.22. The molecule has 1 nitrogen and oxygen atoms in total. The van der Waals surface area contributed by atoms with Gasteiger partial charge in [-0.25, -0.2) is 0 Å². The second-order valence-corrected chi connectivity index (χ2v) is 2.92. The molecule has 1 rings (SSSR count). The van der Waals surface area contributed by atoms with Crippen LogP contribution in [0.25, 0.3) is 0 Å². The summed E-state index contributed by atoms with van der Waals surface area (Å²) >= 11 is 0. The lowest BCUT2D eigenvalue weighted by atomic mass is 10.00. The van der Waals surface area contributed by atoms with Gasteiger partial charge in [-0.15, -0.1) is 0 Å². The lowest BCUT2D eigenvalue weighted by Gasteiger charge is -2.07. The molecule has 2 unspecified atom stereocenters. The first-order chi connectivity index (χ1) is 4.24. The van der Waals surface area contributed by atoms with Gasteiger partial charge in [0.05, 0.1) is 0 Å². The predicted octanol–water partition coefficient (Wildman–Crippen LogP) is 1.69. The van der Waals surface area contributed by atoms with Crippen molar-refractivity contribution in [3.63, 3.8) is 0 Å². The molecule has 0 heterocycles. The highest BCUT2D eigenvalue weighted by atomic mass is 14.6. The number of hydrogen-bond donors (Lipinski definition) is 1. The van der Waals surface area contributed by atoms with Crippen LogP contribution in [-0.4, -0.2) is 6.04 Å². The smallest absolute Gasteiger partial charge is 0.0232 e. The Morgan fingerprint density at radius 3 is 2.67 bits per heavy atom. The van der Waals surface area contributed by atoms with Crippen LogP contribution in [-0.2, 0) is 0 Å². The highest BCUT2D eigenvalue weighted by Crippen LogP contribution is 2.26. The first-order valence-electron chi connectivity index (χ1n) is 3.68. The van der Waals surface area contributed by atoms with Crippen LogP contribution in [0.5, 0.6) is 0 Å². The van der Waals surface area contributed by atoms with E-state index < -0.39 is 0 Å². The van der Waals surface area contributed by atoms with Crippen LogP contribution < -0.4 is 5.73 Å². The van der Waals surface area contributed by atoms with E-state index in [1.165, 1.54) is 18.4 Å². The van der Waals surface area contributed by atoms with Crippen molar-refractivity contribution in [3.05, 3.63) is 11.6 Å². The highest BCUT2D eigenvalue weighted by Gasteiger charge is 2.18. The Kier molecular flexibility index (Phi) is 1.91. The summed E-state index contributed by atoms with van der Waals surface area (Å²) in [5, 5.41) is 0. The molecule has 0 saturated heterocycles. The fourth-order valence-corrected chi connectivity index (χ4v) is 1.54. The van der Waals surface area contributed by atoms with Gasteiger partial charge in [-0.2, -0.15) is 0 Å². The van der Waals surface area contributed by atoms with E-state index >= 15 is 0 Å². The van der Waals surface area contributed by atoms with Gasteiger partial charge in [-0.3, -0.25) is 0 Å². The van der Waals surface area contributed by atoms with Crippen molar-refractivity contribution in [2.75, 3.05) is 0 Å². The van der Waals surface area contributed by atoms with Crippen LogP contribution in [0.1, 0.15) is 26.7 Å². The van der Waals surface area contributed by atoms with Gasteiger partial charge in [0, 0.05) is 6.04 Å². The Morgan fingerprint density at radius 2 is 2.44 bits per heavy atom. The fraction of sp³-hybridized carbons (Fsp3) is 0.750. The summed E-state index contributed by atoms with van der Waals surface area (Å²) in [5.74, 6) is 0.778. The molecule has 0 aromatic heterocycles. The van der Waals surface area contributed by atoms with Crippen molar-refractivity contribution in [1.29, 1.82) is 0 Å². The SMILES string of the molecule is CCC1CC(N)C=C1C. The molecule has 0 bridgehead atoms. The maximum Gasteiger partial charge on any atom is 0.0232 e. The van der Waals surface area contributed by atoms with Gasteiger partial charge >= 0.3 is 0 Å². The summed E-state index contributed by atoms with van der Waals surface area (Å²) in [6.45, 7) is 4.40. The van der Waals surface area contributed by atoms with Crippen molar-refractivity contribution in [2.45, 2.75) is 32.7 Å². The van der Waals surface area contributed by atoms with Crippen LogP contribution in [0, 0.1) is 5.92 Å². The Hall–Kier alpha value is -0.300. The van der Waals surface area contributed by atoms with Gasteiger partial charge in [-0.1, -0.05) is 18.6 Å². The van der Waals surface area contributed by atoms with Crippen LogP contribution in [0.3, 0.4) is 0 Å². The zero-order valence-corrected chi connectivity index (χ0v) is 6.22. The first-order valence-corrected chi connectivity index (χ1v) is 3.68. The normalized spacial score (nSPS) is 34.8. The second-order valence-electron chi connectivity index (χ2n) is 2.92. The summed E-state index contributed by atoms with van der Waals surface area (Å²) in [4.78, 5) is 0. The summed E-state index contributed by atoms with van der Waals surface area (Å²) in [6.07, 6.45) is 4.60. The van der Waals surface area contributed by atoms with Gasteiger partial charge in [0.15, 0.2) is 0 Å². The number of nitrogens with two attached hydrogens (primary N) is 1. The number of rotatable bonds is 1. The van der Waals surface area contributed by atoms with E-state index in [0.717, 1.165) is 5.92 Å². The van der Waals surface area contributed by atoms with E-state index in [4.69, 9.17) is 5.73 Å². The molecule has 0 aromatic rings. The molecular formula is C8H15N. The zero-order chi connectivity index (χ0) is 6.85. The minimum atomic E-state index is 0.343. The number of allylic oxidation sites excluding steroid dienone is 1. The third kappa shape index (κ3) is 1.33. The molecule has 0 aromatic carbocycles. The molecule has 1 heteroatoms. The Labute approximate surface area is 56.9 Å². The molecule has 1 aliphatic rings. The predicted molar refractivity (Wildman–Crippen MR) is 40.1 cm³/mol. The molecule has 0 fully saturated rings. The molecule has 1 aliphatic carbocycles. The fourth-order valence-electron chi connectivity index (χ4n) is 1.54. The molecule has 52 valence electrons. The summed E-state index contributed by atoms with van der Waals surface area (Å²) in [6, 6.07) is 0.343. The minimum absolute atomic E-state index is 0.343. The topological polar surface area (TPSA) is 26.0 Å². The van der Waals surface area contributed by atoms with Gasteiger partial charge in [0.1, 0.15) is 0 Å². The Bertz CT molecular complexity index is 127. The molecule has 9 heavy (non-hydrogen) atoms. The summed E-state index contributed by atoms with van der Waals surface area (Å²) in [7, 11) is 0. The summed E-state index contributed by atoms with van der Waals surface area (Å²) in [5.41, 5.74) is 7.21. The Morgan fingerprint density at radius 1 is 1.78 bits per heavy atom. The van der Waals surface area contributed by atoms with Crippen LogP contribution in [0.15, 0.2) is 11.6 Å². The quantitative estimate of drug-likeness (QED) is 0.530. The van der Waals surface area contributed by atoms with Gasteiger partial charge < -0.3 is 5.73 Å². The Balaban J connectivity index is 2.53. The average molecular weight is 125 g/mol. The second kappa shape index (κ2) is 2.53. The van der Waals surface area contributed by atoms with Gasteiger partial charge in [-0.05, 0) is 25.7 Å². The van der Waals surface area contributed by atoms with Gasteiger partial charge in [0.25, 0.3) is 0 Å². The standard InChI is InChI=1S/C8H15N/c1-3-7-5-8(9)4-6(7)2/h4,7-8H,3,5,9H2,1-2H3. The van der Waals surface area contributed by atoms with E-state index in [1.54, 1.807) is 0 Å². The lowest BCUT2D eigenvalue weighted by molar-refractivity contribution is 0.554. The van der Waals surface area contributed by atoms with Crippen molar-refractivity contribution in [1.82, 2.24) is 0 Å². The summed E-state index contributed by atoms with van der Waals surface area (Å²) < 4.78 is 0. The van der Waals surface area contributed by atoms with Crippen LogP contribution in [0.2, 0.25) is 0 Å². The van der Waals surface area contributed by atoms with Crippen molar-refractivity contribution >= 4 is 0 Å². The molecule has 2 atom stereocenters. The largest absolute Gasteiger partial charge is 0.324 e. The average Bonchev–Trinajstić information content (AvgIpc) is 2.10. The molecule has 0 aliphatic heterocycles. The molecule has 2 N–H and O–H groups in total. The van der Waals surface area contributed by atoms with Crippen LogP contribution in [0.4, 0.5) is 0 Å². The van der Waals surface area contributed by atoms with E-state index in [1.807, 2.05) is 0 Å². The third-order valence-electron chi connectivity index (χ3n) is 2.17. The van der Waals surface area contributed by atoms with Crippen molar-refractivity contribution in [2.24, 2.45) is 11.7 Å². The molecular weight excluding hydrogens is 110 g/mol. The van der Waals surface area contributed by atoms with Gasteiger partial charge in [0.2, 0.25) is 0 Å². The van der Waals surface area contributed by atoms with E-state index in [9.17, 15) is 0 Å². The van der Waals surface area contributed by atoms with E-state index in [0.29, 0.717) is 6.04 Å². The third-order valence-corrected chi connectivity index (χ3v) is 2.17. The van der Waals surface area contributed by atoms with Crippen LogP contribution >= 0.6 is 0 Å². The highest BCUT2D eigenvalue weighted by molar-refractivity contribution is 5.14. The molecule has 0 spiro atoms.